The highest BCUT2D eigenvalue weighted by Crippen LogP contribution is 2.16. The summed E-state index contributed by atoms with van der Waals surface area (Å²) < 4.78 is 2.48. The summed E-state index contributed by atoms with van der Waals surface area (Å²) in [4.78, 5) is 0. The molecule has 0 saturated heterocycles. The first-order valence-electron chi connectivity index (χ1n) is 20.0. The van der Waals surface area contributed by atoms with Gasteiger partial charge in [0.1, 0.15) is 0 Å². The largest absolute Gasteiger partial charge is 1.00 e. The predicted octanol–water partition coefficient (Wildman–Crippen LogP) is 6.89. The van der Waals surface area contributed by atoms with Crippen molar-refractivity contribution >= 4 is 0 Å². The van der Waals surface area contributed by atoms with Crippen LogP contribution in [0.4, 0.5) is 0 Å². The van der Waals surface area contributed by atoms with Gasteiger partial charge < -0.3 is 56.9 Å². The van der Waals surface area contributed by atoms with Crippen LogP contribution < -0.4 is 48.0 Å². The monoisotopic (exact) mass is 848 g/mol. The van der Waals surface area contributed by atoms with Crippen molar-refractivity contribution in [2.75, 3.05) is 54.4 Å². The molecule has 0 heterocycles. The maximum absolute atomic E-state index is 2.47. The Labute approximate surface area is 315 Å². The van der Waals surface area contributed by atoms with Crippen LogP contribution in [-0.2, 0) is 0 Å². The van der Waals surface area contributed by atoms with Crippen LogP contribution in [0.2, 0.25) is 0 Å². The molecule has 0 atom stereocenters. The van der Waals surface area contributed by atoms with Crippen molar-refractivity contribution in [1.82, 2.24) is 0 Å². The Morgan fingerprint density at radius 3 is 0.523 bits per heavy atom. The van der Waals surface area contributed by atoms with E-state index in [1.54, 1.807) is 0 Å². The molecule has 44 heavy (non-hydrogen) atoms. The molecule has 4 heteroatoms. The van der Waals surface area contributed by atoms with E-state index in [-0.39, 0.29) is 48.0 Å². The molecule has 0 rings (SSSR count). The third-order valence-electron chi connectivity index (χ3n) is 10.0. The first-order valence-corrected chi connectivity index (χ1v) is 20.0. The minimum absolute atomic E-state index is 0. The number of unbranched alkanes of at least 4 members (excludes halogenated alkanes) is 27. The van der Waals surface area contributed by atoms with E-state index in [2.05, 4.69) is 42.0 Å². The fourth-order valence-corrected chi connectivity index (χ4v) is 6.77. The average molecular weight is 849 g/mol. The number of halogens is 2. The van der Waals surface area contributed by atoms with E-state index >= 15 is 0 Å². The predicted molar refractivity (Wildman–Crippen MR) is 194 cm³/mol. The Morgan fingerprint density at radius 1 is 0.227 bits per heavy atom. The van der Waals surface area contributed by atoms with Crippen LogP contribution in [-0.4, -0.2) is 63.3 Å². The zero-order valence-corrected chi connectivity index (χ0v) is 36.0. The molecule has 0 spiro atoms. The second-order valence-corrected chi connectivity index (χ2v) is 15.7. The summed E-state index contributed by atoms with van der Waals surface area (Å²) in [6, 6.07) is 0. The van der Waals surface area contributed by atoms with Gasteiger partial charge in [0.25, 0.3) is 0 Å². The summed E-state index contributed by atoms with van der Waals surface area (Å²) in [5, 5.41) is 0. The number of quaternary nitrogens is 2. The van der Waals surface area contributed by atoms with Crippen LogP contribution in [0, 0.1) is 0 Å². The minimum Gasteiger partial charge on any atom is -1.00 e. The Bertz CT molecular complexity index is 478. The molecule has 0 bridgehead atoms. The van der Waals surface area contributed by atoms with Crippen molar-refractivity contribution in [2.45, 2.75) is 206 Å². The first-order chi connectivity index (χ1) is 20.3. The molecule has 0 aliphatic carbocycles. The fourth-order valence-electron chi connectivity index (χ4n) is 6.77. The van der Waals surface area contributed by atoms with E-state index in [1.165, 1.54) is 228 Å². The van der Waals surface area contributed by atoms with Crippen LogP contribution in [0.5, 0.6) is 0 Å². The third-order valence-corrected chi connectivity index (χ3v) is 10.0. The van der Waals surface area contributed by atoms with Gasteiger partial charge in [-0.05, 0) is 51.4 Å². The van der Waals surface area contributed by atoms with Gasteiger partial charge in [0, 0.05) is 0 Å². The topological polar surface area (TPSA) is 0 Å². The molecule has 0 unspecified atom stereocenters. The van der Waals surface area contributed by atoms with Crippen molar-refractivity contribution in [3.63, 3.8) is 0 Å². The zero-order chi connectivity index (χ0) is 31.0. The zero-order valence-electron chi connectivity index (χ0n) is 31.7. The van der Waals surface area contributed by atoms with Gasteiger partial charge in [0.2, 0.25) is 0 Å². The van der Waals surface area contributed by atoms with Gasteiger partial charge in [-0.1, -0.05) is 155 Å². The van der Waals surface area contributed by atoms with Crippen molar-refractivity contribution in [2.24, 2.45) is 0 Å². The summed E-state index contributed by atoms with van der Waals surface area (Å²) in [6.07, 6.45) is 43.5. The summed E-state index contributed by atoms with van der Waals surface area (Å²) in [7, 11) is 9.87. The highest BCUT2D eigenvalue weighted by atomic mass is 127. The van der Waals surface area contributed by atoms with Gasteiger partial charge in [-0.3, -0.25) is 0 Å². The number of rotatable bonds is 35. The molecule has 0 aliphatic heterocycles. The Hall–Kier alpha value is 1.38. The van der Waals surface area contributed by atoms with E-state index in [0.29, 0.717) is 0 Å². The molecule has 0 radical (unpaired) electrons. The van der Waals surface area contributed by atoms with Gasteiger partial charge in [-0.25, -0.2) is 0 Å². The number of nitrogens with zero attached hydrogens (tertiary/aromatic N) is 2. The van der Waals surface area contributed by atoms with Crippen LogP contribution in [0.25, 0.3) is 0 Å². The molecule has 0 aromatic heterocycles. The van der Waals surface area contributed by atoms with Gasteiger partial charge in [-0.2, -0.15) is 0 Å². The van der Waals surface area contributed by atoms with E-state index < -0.39 is 0 Å². The average Bonchev–Trinajstić information content (AvgIpc) is 2.95. The van der Waals surface area contributed by atoms with E-state index in [1.807, 2.05) is 0 Å². The van der Waals surface area contributed by atoms with Crippen LogP contribution >= 0.6 is 0 Å². The molecule has 270 valence electrons. The Balaban J connectivity index is -0.00000840. The lowest BCUT2D eigenvalue weighted by atomic mass is 10.0. The lowest BCUT2D eigenvalue weighted by Gasteiger charge is -2.30. The molecule has 0 aliphatic rings. The minimum atomic E-state index is 0. The maximum atomic E-state index is 2.47. The number of hydrogen-bond donors (Lipinski definition) is 0. The highest BCUT2D eigenvalue weighted by molar-refractivity contribution is 4.52. The Kier molecular flexibility index (Phi) is 42.1. The van der Waals surface area contributed by atoms with E-state index in [0.717, 1.165) is 0 Å². The molecule has 0 fully saturated rings. The summed E-state index contributed by atoms with van der Waals surface area (Å²) in [5.41, 5.74) is 0. The second-order valence-electron chi connectivity index (χ2n) is 15.7. The lowest BCUT2D eigenvalue weighted by molar-refractivity contribution is -0.890. The van der Waals surface area contributed by atoms with E-state index in [9.17, 15) is 0 Å². The summed E-state index contributed by atoms with van der Waals surface area (Å²) in [6.45, 7) is 10.1. The first kappa shape index (κ1) is 49.8. The third kappa shape index (κ3) is 39.6. The maximum Gasteiger partial charge on any atom is 0.0782 e. The summed E-state index contributed by atoms with van der Waals surface area (Å²) in [5.74, 6) is 0. The standard InChI is InChI=1S/C40H86N2.2HI/c1-7-9-11-13-15-17-19-21-23-25-29-33-37-41(3,4)39-35-31-27-28-32-36-40-42(5,6)38-34-30-26-24-22-20-18-16-14-12-10-8-2;;/h7-40H2,1-6H3;2*1H/q+2;;/p-2. The van der Waals surface area contributed by atoms with Gasteiger partial charge in [0.15, 0.2) is 0 Å². The molecule has 2 nitrogen and oxygen atoms in total. The van der Waals surface area contributed by atoms with Crippen LogP contribution in [0.15, 0.2) is 0 Å². The smallest absolute Gasteiger partial charge is 0.0782 e. The highest BCUT2D eigenvalue weighted by Gasteiger charge is 2.15. The van der Waals surface area contributed by atoms with Crippen molar-refractivity contribution in [3.05, 3.63) is 0 Å². The van der Waals surface area contributed by atoms with Crippen molar-refractivity contribution in [3.8, 4) is 0 Å². The summed E-state index contributed by atoms with van der Waals surface area (Å²) >= 11 is 0. The quantitative estimate of drug-likeness (QED) is 0.0371. The molecule has 0 N–H and O–H groups in total. The lowest BCUT2D eigenvalue weighted by Crippen LogP contribution is -3.00. The molecule has 0 aromatic carbocycles. The van der Waals surface area contributed by atoms with E-state index in [4.69, 9.17) is 0 Å². The molecular weight excluding hydrogens is 762 g/mol. The van der Waals surface area contributed by atoms with Crippen molar-refractivity contribution < 1.29 is 56.9 Å². The van der Waals surface area contributed by atoms with Crippen LogP contribution in [0.3, 0.4) is 0 Å². The SMILES string of the molecule is CCCCCCCCCCCCCC[N+](C)(C)CCCCCCCC[N+](C)(C)CCCCCCCCCCCCCC.[I-].[I-]. The molecule has 0 saturated carbocycles. The van der Waals surface area contributed by atoms with Crippen molar-refractivity contribution in [1.29, 1.82) is 0 Å². The molecule has 0 amide bonds. The van der Waals surface area contributed by atoms with Crippen LogP contribution in [0.1, 0.15) is 206 Å². The molecular formula is C40H86I2N2. The normalized spacial score (nSPS) is 11.9. The fraction of sp³-hybridized carbons (Fsp3) is 1.00. The second kappa shape index (κ2) is 37.2. The number of hydrogen-bond acceptors (Lipinski definition) is 0. The van der Waals surface area contributed by atoms with Gasteiger partial charge in [-0.15, -0.1) is 0 Å². The van der Waals surface area contributed by atoms with Gasteiger partial charge >= 0.3 is 0 Å². The Morgan fingerprint density at radius 2 is 0.364 bits per heavy atom. The molecule has 0 aromatic rings. The van der Waals surface area contributed by atoms with Gasteiger partial charge in [0.05, 0.1) is 54.4 Å².